The largest absolute Gasteiger partial charge is 0.464 e. The maximum atomic E-state index is 12.2. The molecule has 3 rings (SSSR count). The number of aromatic nitrogens is 3. The number of fused-ring (bicyclic) bond motifs is 1. The van der Waals surface area contributed by atoms with Crippen LogP contribution in [0.5, 0.6) is 0 Å². The minimum Gasteiger partial charge on any atom is -0.464 e. The van der Waals surface area contributed by atoms with Crippen LogP contribution in [0.3, 0.4) is 0 Å². The molecule has 1 saturated heterocycles. The average molecular weight is 289 g/mol. The summed E-state index contributed by atoms with van der Waals surface area (Å²) in [6.45, 7) is 6.33. The molecule has 1 atom stereocenters. The van der Waals surface area contributed by atoms with Crippen LogP contribution in [0, 0.1) is 6.92 Å². The SMILES string of the molecule is CCOC(=O)C1CNCCN1c1cc(C)cc2ncnn12. The summed E-state index contributed by atoms with van der Waals surface area (Å²) in [5.74, 6) is 0.668. The second kappa shape index (κ2) is 5.69. The third kappa shape index (κ3) is 2.56. The zero-order valence-corrected chi connectivity index (χ0v) is 12.2. The first-order valence-corrected chi connectivity index (χ1v) is 7.15. The molecule has 2 aromatic heterocycles. The Labute approximate surface area is 122 Å². The Kier molecular flexibility index (Phi) is 3.74. The van der Waals surface area contributed by atoms with Gasteiger partial charge in [0.15, 0.2) is 5.65 Å². The van der Waals surface area contributed by atoms with E-state index in [1.165, 1.54) is 6.33 Å². The number of piperazine rings is 1. The van der Waals surface area contributed by atoms with Gasteiger partial charge in [-0.3, -0.25) is 0 Å². The predicted molar refractivity (Wildman–Crippen MR) is 78.4 cm³/mol. The van der Waals surface area contributed by atoms with Gasteiger partial charge in [-0.25, -0.2) is 9.78 Å². The number of rotatable bonds is 3. The Hall–Kier alpha value is -2.15. The van der Waals surface area contributed by atoms with E-state index in [-0.39, 0.29) is 12.0 Å². The van der Waals surface area contributed by atoms with E-state index in [1.807, 2.05) is 30.9 Å². The zero-order chi connectivity index (χ0) is 14.8. The number of ether oxygens (including phenoxy) is 1. The number of esters is 1. The van der Waals surface area contributed by atoms with Crippen LogP contribution in [0.2, 0.25) is 0 Å². The molecular weight excluding hydrogens is 270 g/mol. The van der Waals surface area contributed by atoms with Gasteiger partial charge in [0.05, 0.1) is 6.61 Å². The number of pyridine rings is 1. The summed E-state index contributed by atoms with van der Waals surface area (Å²) in [6.07, 6.45) is 1.53. The van der Waals surface area contributed by atoms with Gasteiger partial charge in [-0.2, -0.15) is 9.61 Å². The number of hydrogen-bond acceptors (Lipinski definition) is 6. The van der Waals surface area contributed by atoms with E-state index in [1.54, 1.807) is 4.52 Å². The molecule has 0 radical (unpaired) electrons. The molecule has 7 nitrogen and oxygen atoms in total. The lowest BCUT2D eigenvalue weighted by atomic mass is 10.1. The van der Waals surface area contributed by atoms with Gasteiger partial charge >= 0.3 is 5.97 Å². The maximum absolute atomic E-state index is 12.2. The van der Waals surface area contributed by atoms with Gasteiger partial charge in [0, 0.05) is 19.6 Å². The van der Waals surface area contributed by atoms with Crippen LogP contribution in [-0.4, -0.2) is 52.9 Å². The smallest absolute Gasteiger partial charge is 0.330 e. The van der Waals surface area contributed by atoms with Crippen molar-refractivity contribution in [3.05, 3.63) is 24.0 Å². The normalized spacial score (nSPS) is 19.0. The van der Waals surface area contributed by atoms with Crippen LogP contribution in [-0.2, 0) is 9.53 Å². The summed E-state index contributed by atoms with van der Waals surface area (Å²) in [5, 5.41) is 7.51. The number of aryl methyl sites for hydroxylation is 1. The lowest BCUT2D eigenvalue weighted by molar-refractivity contribution is -0.144. The van der Waals surface area contributed by atoms with Crippen molar-refractivity contribution in [2.45, 2.75) is 19.9 Å². The highest BCUT2D eigenvalue weighted by atomic mass is 16.5. The van der Waals surface area contributed by atoms with Crippen molar-refractivity contribution in [3.63, 3.8) is 0 Å². The maximum Gasteiger partial charge on any atom is 0.330 e. The fraction of sp³-hybridized carbons (Fsp3) is 0.500. The van der Waals surface area contributed by atoms with Gasteiger partial charge in [-0.15, -0.1) is 0 Å². The fourth-order valence-electron chi connectivity index (χ4n) is 2.67. The van der Waals surface area contributed by atoms with Gasteiger partial charge in [0.1, 0.15) is 18.2 Å². The first kappa shape index (κ1) is 13.8. The van der Waals surface area contributed by atoms with E-state index in [2.05, 4.69) is 15.4 Å². The van der Waals surface area contributed by atoms with Crippen LogP contribution in [0.4, 0.5) is 5.82 Å². The molecule has 1 fully saturated rings. The summed E-state index contributed by atoms with van der Waals surface area (Å²) in [5.41, 5.74) is 1.87. The Morgan fingerprint density at radius 1 is 1.52 bits per heavy atom. The lowest BCUT2D eigenvalue weighted by Gasteiger charge is -2.36. The second-order valence-corrected chi connectivity index (χ2v) is 5.09. The number of nitrogens with zero attached hydrogens (tertiary/aromatic N) is 4. The minimum atomic E-state index is -0.340. The molecular formula is C14H19N5O2. The van der Waals surface area contributed by atoms with E-state index in [4.69, 9.17) is 4.74 Å². The number of hydrogen-bond donors (Lipinski definition) is 1. The second-order valence-electron chi connectivity index (χ2n) is 5.09. The van der Waals surface area contributed by atoms with Gasteiger partial charge in [0.25, 0.3) is 0 Å². The molecule has 21 heavy (non-hydrogen) atoms. The summed E-state index contributed by atoms with van der Waals surface area (Å²) in [7, 11) is 0. The highest BCUT2D eigenvalue weighted by Gasteiger charge is 2.31. The van der Waals surface area contributed by atoms with Crippen molar-refractivity contribution in [2.24, 2.45) is 0 Å². The molecule has 0 bridgehead atoms. The molecule has 0 aromatic carbocycles. The van der Waals surface area contributed by atoms with Gasteiger partial charge < -0.3 is 15.0 Å². The molecule has 1 unspecified atom stereocenters. The quantitative estimate of drug-likeness (QED) is 0.824. The molecule has 112 valence electrons. The zero-order valence-electron chi connectivity index (χ0n) is 12.2. The summed E-state index contributed by atoms with van der Waals surface area (Å²) in [6, 6.07) is 3.66. The van der Waals surface area contributed by atoms with Crippen molar-refractivity contribution >= 4 is 17.4 Å². The Morgan fingerprint density at radius 2 is 2.38 bits per heavy atom. The van der Waals surface area contributed by atoms with E-state index in [9.17, 15) is 4.79 Å². The average Bonchev–Trinajstić information content (AvgIpc) is 2.94. The number of carbonyl (C=O) groups is 1. The number of anilines is 1. The van der Waals surface area contributed by atoms with Crippen molar-refractivity contribution in [3.8, 4) is 0 Å². The molecule has 1 aliphatic rings. The molecule has 1 N–H and O–H groups in total. The highest BCUT2D eigenvalue weighted by molar-refractivity contribution is 5.80. The van der Waals surface area contributed by atoms with E-state index >= 15 is 0 Å². The predicted octanol–water partition coefficient (Wildman–Crippen LogP) is 0.379. The van der Waals surface area contributed by atoms with Crippen molar-refractivity contribution < 1.29 is 9.53 Å². The third-order valence-electron chi connectivity index (χ3n) is 3.60. The topological polar surface area (TPSA) is 71.8 Å². The Balaban J connectivity index is 2.02. The molecule has 1 aliphatic heterocycles. The minimum absolute atomic E-state index is 0.209. The fourth-order valence-corrected chi connectivity index (χ4v) is 2.67. The van der Waals surface area contributed by atoms with Gasteiger partial charge in [-0.05, 0) is 31.5 Å². The van der Waals surface area contributed by atoms with Gasteiger partial charge in [0.2, 0.25) is 0 Å². The molecule has 0 amide bonds. The summed E-state index contributed by atoms with van der Waals surface area (Å²) >= 11 is 0. The van der Waals surface area contributed by atoms with E-state index in [0.29, 0.717) is 13.2 Å². The first-order valence-electron chi connectivity index (χ1n) is 7.15. The lowest BCUT2D eigenvalue weighted by Crippen LogP contribution is -2.56. The van der Waals surface area contributed by atoms with Crippen molar-refractivity contribution in [1.82, 2.24) is 19.9 Å². The van der Waals surface area contributed by atoms with E-state index in [0.717, 1.165) is 30.1 Å². The summed E-state index contributed by atoms with van der Waals surface area (Å²) in [4.78, 5) is 18.5. The van der Waals surface area contributed by atoms with Crippen LogP contribution < -0.4 is 10.2 Å². The molecule has 2 aromatic rings. The van der Waals surface area contributed by atoms with Crippen LogP contribution in [0.1, 0.15) is 12.5 Å². The highest BCUT2D eigenvalue weighted by Crippen LogP contribution is 2.21. The van der Waals surface area contributed by atoms with Crippen LogP contribution in [0.15, 0.2) is 18.5 Å². The first-order chi connectivity index (χ1) is 10.2. The Bertz CT molecular complexity index is 654. The molecule has 7 heteroatoms. The molecule has 0 saturated carbocycles. The van der Waals surface area contributed by atoms with Gasteiger partial charge in [-0.1, -0.05) is 0 Å². The molecule has 0 spiro atoms. The Morgan fingerprint density at radius 3 is 3.19 bits per heavy atom. The van der Waals surface area contributed by atoms with Crippen molar-refractivity contribution in [1.29, 1.82) is 0 Å². The standard InChI is InChI=1S/C14H19N5O2/c1-3-21-14(20)11-8-15-4-5-18(11)13-7-10(2)6-12-16-9-17-19(12)13/h6-7,9,11,15H,3-5,8H2,1-2H3. The van der Waals surface area contributed by atoms with Crippen molar-refractivity contribution in [2.75, 3.05) is 31.1 Å². The monoisotopic (exact) mass is 289 g/mol. The van der Waals surface area contributed by atoms with Crippen LogP contribution >= 0.6 is 0 Å². The van der Waals surface area contributed by atoms with E-state index < -0.39 is 0 Å². The summed E-state index contributed by atoms with van der Waals surface area (Å²) < 4.78 is 6.96. The molecule has 3 heterocycles. The molecule has 0 aliphatic carbocycles. The number of carbonyl (C=O) groups excluding carboxylic acids is 1. The third-order valence-corrected chi connectivity index (χ3v) is 3.60. The number of nitrogens with one attached hydrogen (secondary N) is 1. The van der Waals surface area contributed by atoms with Crippen LogP contribution in [0.25, 0.3) is 5.65 Å².